The molecular formula is C18H22N4O. The lowest BCUT2D eigenvalue weighted by Crippen LogP contribution is -2.37. The molecule has 2 heterocycles. The summed E-state index contributed by atoms with van der Waals surface area (Å²) in [5.74, 6) is 0.710. The SMILES string of the molecule is CN(C)c1ncnc(-c2ccccc2)c1C(=O)N1CCCCC1. The number of carbonyl (C=O) groups is 1. The average molecular weight is 310 g/mol. The van der Waals surface area contributed by atoms with Crippen LogP contribution in [-0.2, 0) is 0 Å². The number of anilines is 1. The van der Waals surface area contributed by atoms with Crippen LogP contribution < -0.4 is 4.90 Å². The van der Waals surface area contributed by atoms with Crippen LogP contribution in [0.5, 0.6) is 0 Å². The summed E-state index contributed by atoms with van der Waals surface area (Å²) in [6, 6.07) is 9.84. The van der Waals surface area contributed by atoms with Crippen molar-refractivity contribution in [1.82, 2.24) is 14.9 Å². The first-order chi connectivity index (χ1) is 11.2. The molecular weight excluding hydrogens is 288 g/mol. The van der Waals surface area contributed by atoms with Crippen LogP contribution in [0.2, 0.25) is 0 Å². The number of piperidine rings is 1. The second-order valence-corrected chi connectivity index (χ2v) is 6.03. The minimum absolute atomic E-state index is 0.0350. The van der Waals surface area contributed by atoms with Crippen molar-refractivity contribution in [3.63, 3.8) is 0 Å². The van der Waals surface area contributed by atoms with Crippen molar-refractivity contribution in [1.29, 1.82) is 0 Å². The van der Waals surface area contributed by atoms with Gasteiger partial charge >= 0.3 is 0 Å². The van der Waals surface area contributed by atoms with Crippen LogP contribution in [-0.4, -0.2) is 48.0 Å². The highest BCUT2D eigenvalue weighted by molar-refractivity contribution is 6.04. The van der Waals surface area contributed by atoms with Crippen molar-refractivity contribution >= 4 is 11.7 Å². The Morgan fingerprint density at radius 3 is 2.39 bits per heavy atom. The Morgan fingerprint density at radius 2 is 1.74 bits per heavy atom. The smallest absolute Gasteiger partial charge is 0.259 e. The summed E-state index contributed by atoms with van der Waals surface area (Å²) in [5.41, 5.74) is 2.25. The number of aromatic nitrogens is 2. The Kier molecular flexibility index (Phi) is 4.55. The lowest BCUT2D eigenvalue weighted by molar-refractivity contribution is 0.0725. The van der Waals surface area contributed by atoms with Gasteiger partial charge in [0.1, 0.15) is 17.7 Å². The van der Waals surface area contributed by atoms with Gasteiger partial charge in [0, 0.05) is 32.7 Å². The van der Waals surface area contributed by atoms with Crippen LogP contribution in [0.1, 0.15) is 29.6 Å². The summed E-state index contributed by atoms with van der Waals surface area (Å²) in [5, 5.41) is 0. The zero-order valence-electron chi connectivity index (χ0n) is 13.7. The van der Waals surface area contributed by atoms with Crippen molar-refractivity contribution in [2.24, 2.45) is 0 Å². The van der Waals surface area contributed by atoms with E-state index in [9.17, 15) is 4.79 Å². The third kappa shape index (κ3) is 3.18. The lowest BCUT2D eigenvalue weighted by Gasteiger charge is -2.28. The van der Waals surface area contributed by atoms with Crippen molar-refractivity contribution in [3.05, 3.63) is 42.2 Å². The third-order valence-corrected chi connectivity index (χ3v) is 4.16. The van der Waals surface area contributed by atoms with E-state index in [4.69, 9.17) is 0 Å². The maximum absolute atomic E-state index is 13.1. The highest BCUT2D eigenvalue weighted by atomic mass is 16.2. The Balaban J connectivity index is 2.10. The molecule has 3 rings (SSSR count). The van der Waals surface area contributed by atoms with Gasteiger partial charge in [-0.3, -0.25) is 4.79 Å². The molecule has 1 fully saturated rings. The molecule has 5 nitrogen and oxygen atoms in total. The second kappa shape index (κ2) is 6.77. The minimum atomic E-state index is 0.0350. The summed E-state index contributed by atoms with van der Waals surface area (Å²) in [4.78, 5) is 25.7. The molecule has 1 aliphatic rings. The molecule has 0 atom stereocenters. The van der Waals surface area contributed by atoms with E-state index in [0.29, 0.717) is 17.1 Å². The summed E-state index contributed by atoms with van der Waals surface area (Å²) in [7, 11) is 3.81. The number of rotatable bonds is 3. The van der Waals surface area contributed by atoms with Gasteiger partial charge in [-0.2, -0.15) is 0 Å². The molecule has 2 aromatic rings. The molecule has 0 radical (unpaired) electrons. The number of benzene rings is 1. The normalized spacial score (nSPS) is 14.6. The van der Waals surface area contributed by atoms with Crippen molar-refractivity contribution in [3.8, 4) is 11.3 Å². The average Bonchev–Trinajstić information content (AvgIpc) is 2.62. The Labute approximate surface area is 137 Å². The number of nitrogens with zero attached hydrogens (tertiary/aromatic N) is 4. The van der Waals surface area contributed by atoms with Crippen LogP contribution in [0.15, 0.2) is 36.7 Å². The maximum atomic E-state index is 13.1. The Bertz CT molecular complexity index is 679. The Morgan fingerprint density at radius 1 is 1.04 bits per heavy atom. The first-order valence-corrected chi connectivity index (χ1v) is 8.05. The van der Waals surface area contributed by atoms with Gasteiger partial charge in [0.15, 0.2) is 0 Å². The van der Waals surface area contributed by atoms with Gasteiger partial charge in [-0.05, 0) is 19.3 Å². The molecule has 1 aliphatic heterocycles. The number of amides is 1. The maximum Gasteiger partial charge on any atom is 0.259 e. The topological polar surface area (TPSA) is 49.3 Å². The fourth-order valence-electron chi connectivity index (χ4n) is 2.98. The second-order valence-electron chi connectivity index (χ2n) is 6.03. The molecule has 0 aliphatic carbocycles. The van der Waals surface area contributed by atoms with Gasteiger partial charge in [-0.25, -0.2) is 9.97 Å². The standard InChI is InChI=1S/C18H22N4O/c1-21(2)17-15(18(23)22-11-7-4-8-12-22)16(19-13-20-17)14-9-5-3-6-10-14/h3,5-6,9-10,13H,4,7-8,11-12H2,1-2H3. The molecule has 0 spiro atoms. The van der Waals surface area contributed by atoms with Crippen LogP contribution in [0, 0.1) is 0 Å². The zero-order chi connectivity index (χ0) is 16.2. The fraction of sp³-hybridized carbons (Fsp3) is 0.389. The Hall–Kier alpha value is -2.43. The lowest BCUT2D eigenvalue weighted by atomic mass is 10.0. The van der Waals surface area contributed by atoms with Gasteiger partial charge in [-0.15, -0.1) is 0 Å². The summed E-state index contributed by atoms with van der Waals surface area (Å²) in [6.07, 6.45) is 4.86. The first-order valence-electron chi connectivity index (χ1n) is 8.05. The summed E-state index contributed by atoms with van der Waals surface area (Å²) in [6.45, 7) is 1.63. The molecule has 0 unspecified atom stereocenters. The van der Waals surface area contributed by atoms with Crippen LogP contribution >= 0.6 is 0 Å². The van der Waals surface area contributed by atoms with Gasteiger partial charge < -0.3 is 9.80 Å². The molecule has 5 heteroatoms. The van der Waals surface area contributed by atoms with E-state index in [0.717, 1.165) is 31.5 Å². The molecule has 23 heavy (non-hydrogen) atoms. The van der Waals surface area contributed by atoms with Crippen LogP contribution in [0.25, 0.3) is 11.3 Å². The predicted octanol–water partition coefficient (Wildman–Crippen LogP) is 2.84. The number of hydrogen-bond acceptors (Lipinski definition) is 4. The monoisotopic (exact) mass is 310 g/mol. The van der Waals surface area contributed by atoms with Gasteiger partial charge in [-0.1, -0.05) is 30.3 Å². The van der Waals surface area contributed by atoms with E-state index >= 15 is 0 Å². The molecule has 1 aromatic heterocycles. The molecule has 0 saturated carbocycles. The van der Waals surface area contributed by atoms with E-state index in [1.165, 1.54) is 12.7 Å². The van der Waals surface area contributed by atoms with E-state index in [1.807, 2.05) is 54.2 Å². The minimum Gasteiger partial charge on any atom is -0.362 e. The highest BCUT2D eigenvalue weighted by Crippen LogP contribution is 2.29. The summed E-state index contributed by atoms with van der Waals surface area (Å²) < 4.78 is 0. The zero-order valence-corrected chi connectivity index (χ0v) is 13.7. The van der Waals surface area contributed by atoms with Gasteiger partial charge in [0.2, 0.25) is 0 Å². The van der Waals surface area contributed by atoms with Gasteiger partial charge in [0.25, 0.3) is 5.91 Å². The highest BCUT2D eigenvalue weighted by Gasteiger charge is 2.26. The summed E-state index contributed by atoms with van der Waals surface area (Å²) >= 11 is 0. The molecule has 0 bridgehead atoms. The largest absolute Gasteiger partial charge is 0.362 e. The van der Waals surface area contributed by atoms with E-state index in [1.54, 1.807) is 0 Å². The molecule has 1 saturated heterocycles. The van der Waals surface area contributed by atoms with Crippen molar-refractivity contribution < 1.29 is 4.79 Å². The molecule has 0 N–H and O–H groups in total. The van der Waals surface area contributed by atoms with Crippen molar-refractivity contribution in [2.45, 2.75) is 19.3 Å². The molecule has 1 aromatic carbocycles. The van der Waals surface area contributed by atoms with Gasteiger partial charge in [0.05, 0.1) is 5.69 Å². The quantitative estimate of drug-likeness (QED) is 0.874. The molecule has 1 amide bonds. The molecule has 120 valence electrons. The fourth-order valence-corrected chi connectivity index (χ4v) is 2.98. The number of hydrogen-bond donors (Lipinski definition) is 0. The van der Waals surface area contributed by atoms with E-state index in [-0.39, 0.29) is 5.91 Å². The van der Waals surface area contributed by atoms with E-state index in [2.05, 4.69) is 9.97 Å². The van der Waals surface area contributed by atoms with Crippen LogP contribution in [0.4, 0.5) is 5.82 Å². The predicted molar refractivity (Wildman–Crippen MR) is 91.5 cm³/mol. The van der Waals surface area contributed by atoms with E-state index < -0.39 is 0 Å². The third-order valence-electron chi connectivity index (χ3n) is 4.16. The van der Waals surface area contributed by atoms with Crippen LogP contribution in [0.3, 0.4) is 0 Å². The van der Waals surface area contributed by atoms with Crippen molar-refractivity contribution in [2.75, 3.05) is 32.1 Å². The number of carbonyl (C=O) groups excluding carboxylic acids is 1. The first kappa shape index (κ1) is 15.5. The number of likely N-dealkylation sites (tertiary alicyclic amines) is 1.